The van der Waals surface area contributed by atoms with E-state index in [0.29, 0.717) is 30.3 Å². The van der Waals surface area contributed by atoms with E-state index in [1.54, 1.807) is 24.4 Å². The number of benzene rings is 2. The van der Waals surface area contributed by atoms with Crippen LogP contribution in [0.5, 0.6) is 11.5 Å². The predicted octanol–water partition coefficient (Wildman–Crippen LogP) is 3.61. The fourth-order valence-electron chi connectivity index (χ4n) is 3.31. The third-order valence-electron chi connectivity index (χ3n) is 5.28. The Bertz CT molecular complexity index is 1030. The van der Waals surface area contributed by atoms with Gasteiger partial charge in [-0.05, 0) is 54.6 Å². The number of halogens is 1. The molecule has 0 bridgehead atoms. The Morgan fingerprint density at radius 3 is 2.20 bits per heavy atom. The first-order valence-electron chi connectivity index (χ1n) is 9.88. The van der Waals surface area contributed by atoms with Crippen LogP contribution in [0.3, 0.4) is 0 Å². The number of hydrogen-bond acceptors (Lipinski definition) is 4. The molecule has 0 N–H and O–H groups in total. The summed E-state index contributed by atoms with van der Waals surface area (Å²) in [7, 11) is 4.34. The van der Waals surface area contributed by atoms with E-state index in [-0.39, 0.29) is 17.5 Å². The zero-order chi connectivity index (χ0) is 21.1. The van der Waals surface area contributed by atoms with Gasteiger partial charge in [-0.3, -0.25) is 4.79 Å². The number of amides is 1. The minimum absolute atomic E-state index is 0.132. The van der Waals surface area contributed by atoms with E-state index in [9.17, 15) is 9.18 Å². The Morgan fingerprint density at radius 1 is 0.967 bits per heavy atom. The summed E-state index contributed by atoms with van der Waals surface area (Å²) >= 11 is 0. The van der Waals surface area contributed by atoms with Crippen molar-refractivity contribution in [1.29, 1.82) is 0 Å². The van der Waals surface area contributed by atoms with Crippen molar-refractivity contribution >= 4 is 5.91 Å². The first-order valence-corrected chi connectivity index (χ1v) is 9.88. The van der Waals surface area contributed by atoms with Crippen molar-refractivity contribution in [2.24, 2.45) is 0 Å². The van der Waals surface area contributed by atoms with Gasteiger partial charge in [0.1, 0.15) is 17.3 Å². The lowest BCUT2D eigenvalue weighted by Gasteiger charge is -2.38. The van der Waals surface area contributed by atoms with Gasteiger partial charge in [0.05, 0.1) is 46.0 Å². The molecule has 1 fully saturated rings. The summed E-state index contributed by atoms with van der Waals surface area (Å²) in [6.07, 6.45) is 1.61. The number of nitrogens with zero attached hydrogens (tertiary/aromatic N) is 4. The molecule has 0 unspecified atom stereocenters. The predicted molar refractivity (Wildman–Crippen MR) is 112 cm³/mol. The van der Waals surface area contributed by atoms with Crippen LogP contribution < -0.4 is 4.74 Å². The van der Waals surface area contributed by atoms with E-state index in [1.165, 1.54) is 12.1 Å². The van der Waals surface area contributed by atoms with Crippen LogP contribution in [-0.4, -0.2) is 65.5 Å². The molecule has 1 aromatic heterocycles. The van der Waals surface area contributed by atoms with Crippen molar-refractivity contribution in [2.45, 2.75) is 0 Å². The molecule has 30 heavy (non-hydrogen) atoms. The zero-order valence-corrected chi connectivity index (χ0v) is 17.1. The Labute approximate surface area is 175 Å². The number of ether oxygens (including phenoxy) is 1. The van der Waals surface area contributed by atoms with Gasteiger partial charge in [0.2, 0.25) is 5.82 Å². The van der Waals surface area contributed by atoms with Gasteiger partial charge < -0.3 is 14.1 Å². The fraction of sp³-hybridized carbons (Fsp3) is 0.261. The molecule has 154 valence electrons. The molecule has 1 amide bonds. The summed E-state index contributed by atoms with van der Waals surface area (Å²) in [4.78, 5) is 23.3. The quantitative estimate of drug-likeness (QED) is 0.620. The molecule has 0 aliphatic carbocycles. The number of quaternary nitrogens is 1. The fourth-order valence-corrected chi connectivity index (χ4v) is 3.31. The second-order valence-electron chi connectivity index (χ2n) is 8.02. The van der Waals surface area contributed by atoms with E-state index in [1.807, 2.05) is 29.2 Å². The number of rotatable bonds is 4. The van der Waals surface area contributed by atoms with Crippen LogP contribution in [0.25, 0.3) is 11.3 Å². The minimum Gasteiger partial charge on any atom is -0.457 e. The highest BCUT2D eigenvalue weighted by Crippen LogP contribution is 2.25. The summed E-state index contributed by atoms with van der Waals surface area (Å²) in [5.41, 5.74) is 1.53. The molecule has 2 heterocycles. The average molecular weight is 407 g/mol. The van der Waals surface area contributed by atoms with Crippen LogP contribution in [0.1, 0.15) is 10.6 Å². The highest BCUT2D eigenvalue weighted by Gasteiger charge is 2.29. The number of hydrogen-bond donors (Lipinski definition) is 0. The maximum atomic E-state index is 13.0. The van der Waals surface area contributed by atoms with Crippen molar-refractivity contribution in [1.82, 2.24) is 14.9 Å². The van der Waals surface area contributed by atoms with Crippen molar-refractivity contribution in [2.75, 3.05) is 40.3 Å². The highest BCUT2D eigenvalue weighted by atomic mass is 19.1. The summed E-state index contributed by atoms with van der Waals surface area (Å²) in [6.45, 7) is 3.24. The molecular formula is C23H24FN4O2+. The lowest BCUT2D eigenvalue weighted by atomic mass is 10.1. The lowest BCUT2D eigenvalue weighted by Crippen LogP contribution is -2.56. The van der Waals surface area contributed by atoms with Crippen LogP contribution in [0.4, 0.5) is 4.39 Å². The molecule has 1 saturated heterocycles. The molecule has 2 aromatic carbocycles. The van der Waals surface area contributed by atoms with Crippen LogP contribution in [0.15, 0.2) is 60.8 Å². The third kappa shape index (κ3) is 4.63. The molecule has 0 saturated carbocycles. The number of aromatic nitrogens is 2. The van der Waals surface area contributed by atoms with Gasteiger partial charge in [-0.1, -0.05) is 0 Å². The zero-order valence-electron chi connectivity index (χ0n) is 17.1. The number of likely N-dealkylation sites (N-methyl/N-ethyl adjacent to an activating group) is 1. The van der Waals surface area contributed by atoms with Crippen molar-refractivity contribution in [3.05, 3.63) is 72.4 Å². The number of piperazine rings is 1. The van der Waals surface area contributed by atoms with Crippen LogP contribution in [0, 0.1) is 5.82 Å². The maximum absolute atomic E-state index is 13.0. The number of carbonyl (C=O) groups is 1. The molecule has 1 aliphatic rings. The highest BCUT2D eigenvalue weighted by molar-refractivity contribution is 5.91. The molecule has 0 radical (unpaired) electrons. The van der Waals surface area contributed by atoms with Gasteiger partial charge in [-0.25, -0.2) is 14.4 Å². The van der Waals surface area contributed by atoms with Gasteiger partial charge in [-0.2, -0.15) is 0 Å². The summed E-state index contributed by atoms with van der Waals surface area (Å²) < 4.78 is 19.6. The largest absolute Gasteiger partial charge is 0.457 e. The van der Waals surface area contributed by atoms with Gasteiger partial charge in [-0.15, -0.1) is 0 Å². The Balaban J connectivity index is 1.47. The molecule has 0 spiro atoms. The SMILES string of the molecule is C[N+]1(C)CCN(C(=O)c2nccc(-c3ccc(Oc4ccc(F)cc4)cc3)n2)CC1. The Kier molecular flexibility index (Phi) is 5.46. The molecular weight excluding hydrogens is 383 g/mol. The van der Waals surface area contributed by atoms with Gasteiger partial charge in [0.15, 0.2) is 0 Å². The molecule has 7 heteroatoms. The summed E-state index contributed by atoms with van der Waals surface area (Å²) in [5.74, 6) is 0.963. The Hall–Kier alpha value is -3.32. The van der Waals surface area contributed by atoms with Crippen LogP contribution in [-0.2, 0) is 0 Å². The van der Waals surface area contributed by atoms with Crippen molar-refractivity contribution < 1.29 is 18.4 Å². The second kappa shape index (κ2) is 8.20. The van der Waals surface area contributed by atoms with E-state index in [4.69, 9.17) is 4.74 Å². The topological polar surface area (TPSA) is 55.3 Å². The molecule has 1 aliphatic heterocycles. The van der Waals surface area contributed by atoms with E-state index < -0.39 is 0 Å². The van der Waals surface area contributed by atoms with E-state index in [2.05, 4.69) is 24.1 Å². The normalized spacial score (nSPS) is 15.6. The van der Waals surface area contributed by atoms with Gasteiger partial charge in [0.25, 0.3) is 5.91 Å². The molecule has 3 aromatic rings. The van der Waals surface area contributed by atoms with Gasteiger partial charge in [0, 0.05) is 11.8 Å². The third-order valence-corrected chi connectivity index (χ3v) is 5.28. The second-order valence-corrected chi connectivity index (χ2v) is 8.02. The molecule has 6 nitrogen and oxygen atoms in total. The van der Waals surface area contributed by atoms with E-state index in [0.717, 1.165) is 23.1 Å². The molecule has 4 rings (SSSR count). The minimum atomic E-state index is -0.306. The first kappa shape index (κ1) is 20.0. The molecule has 0 atom stereocenters. The average Bonchev–Trinajstić information content (AvgIpc) is 2.75. The van der Waals surface area contributed by atoms with Crippen molar-refractivity contribution in [3.63, 3.8) is 0 Å². The van der Waals surface area contributed by atoms with Crippen molar-refractivity contribution in [3.8, 4) is 22.8 Å². The summed E-state index contributed by atoms with van der Waals surface area (Å²) in [5, 5.41) is 0. The van der Waals surface area contributed by atoms with Gasteiger partial charge >= 0.3 is 0 Å². The monoisotopic (exact) mass is 407 g/mol. The lowest BCUT2D eigenvalue weighted by molar-refractivity contribution is -0.894. The maximum Gasteiger partial charge on any atom is 0.292 e. The standard InChI is InChI=1S/C23H24FN4O2/c1-28(2)15-13-27(14-16-28)23(29)22-25-12-11-21(26-22)17-3-7-19(8-4-17)30-20-9-5-18(24)6-10-20/h3-12H,13-16H2,1-2H3/q+1. The van der Waals surface area contributed by atoms with Crippen LogP contribution in [0.2, 0.25) is 0 Å². The Morgan fingerprint density at radius 2 is 1.57 bits per heavy atom. The van der Waals surface area contributed by atoms with E-state index >= 15 is 0 Å². The number of carbonyl (C=O) groups excluding carboxylic acids is 1. The smallest absolute Gasteiger partial charge is 0.292 e. The first-order chi connectivity index (χ1) is 14.4. The van der Waals surface area contributed by atoms with Crippen LogP contribution >= 0.6 is 0 Å². The summed E-state index contributed by atoms with van der Waals surface area (Å²) in [6, 6.07) is 15.0.